The smallest absolute Gasteiger partial charge is 0.260 e. The number of rotatable bonds is 12. The van der Waals surface area contributed by atoms with Crippen molar-refractivity contribution in [2.24, 2.45) is 0 Å². The van der Waals surface area contributed by atoms with Gasteiger partial charge < -0.3 is 0 Å². The standard InChI is InChI=1S/C30H36N4O3S2/c1-5-7-19-33(20-8-6-2)39(36,37)26-15-13-24(14-16-26)29(35)34(21-25-11-9-10-18-31-25)30-32-28-23(4)22(3)12-17-27(28)38-30/h9-18H,5-8,19-21H2,1-4H3. The zero-order valence-electron chi connectivity index (χ0n) is 23.1. The molecule has 7 nitrogen and oxygen atoms in total. The third kappa shape index (κ3) is 6.54. The first-order valence-electron chi connectivity index (χ1n) is 13.4. The number of amides is 1. The summed E-state index contributed by atoms with van der Waals surface area (Å²) in [6.45, 7) is 9.42. The Morgan fingerprint density at radius 2 is 1.62 bits per heavy atom. The molecular weight excluding hydrogens is 528 g/mol. The molecule has 0 N–H and O–H groups in total. The number of thiazole rings is 1. The number of fused-ring (bicyclic) bond motifs is 1. The van der Waals surface area contributed by atoms with Crippen LogP contribution in [0.2, 0.25) is 0 Å². The number of hydrogen-bond acceptors (Lipinski definition) is 6. The van der Waals surface area contributed by atoms with Gasteiger partial charge in [0.25, 0.3) is 5.91 Å². The predicted molar refractivity (Wildman–Crippen MR) is 159 cm³/mol. The zero-order valence-corrected chi connectivity index (χ0v) is 24.7. The monoisotopic (exact) mass is 564 g/mol. The van der Waals surface area contributed by atoms with Crippen LogP contribution in [-0.2, 0) is 16.6 Å². The fraction of sp³-hybridized carbons (Fsp3) is 0.367. The molecule has 0 aliphatic carbocycles. The van der Waals surface area contributed by atoms with Gasteiger partial charge in [0.05, 0.1) is 27.4 Å². The number of carbonyl (C=O) groups is 1. The van der Waals surface area contributed by atoms with Gasteiger partial charge in [0.15, 0.2) is 5.13 Å². The van der Waals surface area contributed by atoms with E-state index in [0.717, 1.165) is 52.7 Å². The van der Waals surface area contributed by atoms with Crippen molar-refractivity contribution in [3.63, 3.8) is 0 Å². The van der Waals surface area contributed by atoms with Gasteiger partial charge in [0.1, 0.15) is 0 Å². The van der Waals surface area contributed by atoms with Crippen molar-refractivity contribution < 1.29 is 13.2 Å². The summed E-state index contributed by atoms with van der Waals surface area (Å²) in [5, 5.41) is 0.580. The maximum atomic E-state index is 13.9. The summed E-state index contributed by atoms with van der Waals surface area (Å²) >= 11 is 1.46. The number of nitrogens with zero attached hydrogens (tertiary/aromatic N) is 4. The van der Waals surface area contributed by atoms with Crippen LogP contribution in [0.3, 0.4) is 0 Å². The van der Waals surface area contributed by atoms with Crippen molar-refractivity contribution in [3.05, 3.63) is 83.2 Å². The van der Waals surface area contributed by atoms with Gasteiger partial charge in [-0.15, -0.1) is 0 Å². The first-order valence-corrected chi connectivity index (χ1v) is 15.7. The van der Waals surface area contributed by atoms with Gasteiger partial charge in [-0.3, -0.25) is 14.7 Å². The summed E-state index contributed by atoms with van der Waals surface area (Å²) < 4.78 is 29.4. The Morgan fingerprint density at radius 1 is 0.923 bits per heavy atom. The second kappa shape index (κ2) is 12.8. The van der Waals surface area contributed by atoms with Gasteiger partial charge in [-0.25, -0.2) is 13.4 Å². The van der Waals surface area contributed by atoms with E-state index >= 15 is 0 Å². The summed E-state index contributed by atoms with van der Waals surface area (Å²) in [4.78, 5) is 25.0. The number of sulfonamides is 1. The molecule has 0 aliphatic rings. The van der Waals surface area contributed by atoms with Gasteiger partial charge in [0, 0.05) is 24.8 Å². The van der Waals surface area contributed by atoms with Crippen LogP contribution in [0.1, 0.15) is 66.7 Å². The Kier molecular flexibility index (Phi) is 9.48. The zero-order chi connectivity index (χ0) is 28.0. The number of benzene rings is 2. The van der Waals surface area contributed by atoms with Gasteiger partial charge in [-0.05, 0) is 80.3 Å². The van der Waals surface area contributed by atoms with E-state index in [4.69, 9.17) is 4.98 Å². The third-order valence-corrected chi connectivity index (χ3v) is 9.81. The van der Waals surface area contributed by atoms with Crippen LogP contribution in [0.25, 0.3) is 10.2 Å². The normalized spacial score (nSPS) is 11.8. The number of aromatic nitrogens is 2. The summed E-state index contributed by atoms with van der Waals surface area (Å²) in [6.07, 6.45) is 5.16. The molecule has 0 saturated heterocycles. The Balaban J connectivity index is 1.67. The molecular formula is C30H36N4O3S2. The molecule has 206 valence electrons. The average molecular weight is 565 g/mol. The highest BCUT2D eigenvalue weighted by Crippen LogP contribution is 2.33. The van der Waals surface area contributed by atoms with E-state index in [2.05, 4.69) is 24.9 Å². The van der Waals surface area contributed by atoms with E-state index in [9.17, 15) is 13.2 Å². The first kappa shape index (κ1) is 28.9. The molecule has 0 fully saturated rings. The Hall–Kier alpha value is -3.14. The van der Waals surface area contributed by atoms with Gasteiger partial charge in [-0.2, -0.15) is 4.31 Å². The van der Waals surface area contributed by atoms with Crippen LogP contribution in [0.5, 0.6) is 0 Å². The lowest BCUT2D eigenvalue weighted by Gasteiger charge is -2.22. The Labute approximate surface area is 235 Å². The molecule has 1 amide bonds. The summed E-state index contributed by atoms with van der Waals surface area (Å²) in [5.74, 6) is -0.258. The maximum Gasteiger partial charge on any atom is 0.260 e. The minimum Gasteiger partial charge on any atom is -0.278 e. The molecule has 4 aromatic rings. The minimum absolute atomic E-state index is 0.202. The van der Waals surface area contributed by atoms with Crippen molar-refractivity contribution in [2.75, 3.05) is 18.0 Å². The fourth-order valence-corrected chi connectivity index (χ4v) is 6.85. The minimum atomic E-state index is -3.65. The van der Waals surface area contributed by atoms with E-state index in [0.29, 0.717) is 23.8 Å². The number of hydrogen-bond donors (Lipinski definition) is 0. The van der Waals surface area contributed by atoms with Crippen LogP contribution in [0, 0.1) is 13.8 Å². The van der Waals surface area contributed by atoms with Crippen molar-refractivity contribution in [1.82, 2.24) is 14.3 Å². The molecule has 4 rings (SSSR count). The van der Waals surface area contributed by atoms with Crippen LogP contribution in [0.4, 0.5) is 5.13 Å². The van der Waals surface area contributed by atoms with Crippen molar-refractivity contribution in [1.29, 1.82) is 0 Å². The quantitative estimate of drug-likeness (QED) is 0.190. The molecule has 0 atom stereocenters. The molecule has 2 aromatic heterocycles. The van der Waals surface area contributed by atoms with Crippen LogP contribution in [0.15, 0.2) is 65.7 Å². The van der Waals surface area contributed by atoms with E-state index in [-0.39, 0.29) is 17.3 Å². The van der Waals surface area contributed by atoms with Crippen LogP contribution < -0.4 is 4.90 Å². The molecule has 2 aromatic carbocycles. The Morgan fingerprint density at radius 3 is 2.23 bits per heavy atom. The predicted octanol–water partition coefficient (Wildman–Crippen LogP) is 6.75. The van der Waals surface area contributed by atoms with E-state index in [1.165, 1.54) is 23.5 Å². The van der Waals surface area contributed by atoms with Crippen LogP contribution in [-0.4, -0.2) is 41.7 Å². The van der Waals surface area contributed by atoms with Gasteiger partial charge in [-0.1, -0.05) is 50.2 Å². The van der Waals surface area contributed by atoms with Crippen molar-refractivity contribution >= 4 is 42.6 Å². The molecule has 9 heteroatoms. The average Bonchev–Trinajstić information content (AvgIpc) is 3.39. The lowest BCUT2D eigenvalue weighted by Crippen LogP contribution is -2.33. The first-order chi connectivity index (χ1) is 18.8. The largest absolute Gasteiger partial charge is 0.278 e. The molecule has 0 unspecified atom stereocenters. The third-order valence-electron chi connectivity index (χ3n) is 6.86. The van der Waals surface area contributed by atoms with Crippen molar-refractivity contribution in [2.45, 2.75) is 64.8 Å². The lowest BCUT2D eigenvalue weighted by atomic mass is 10.1. The highest BCUT2D eigenvalue weighted by molar-refractivity contribution is 7.89. The molecule has 0 saturated carbocycles. The molecule has 0 aliphatic heterocycles. The van der Waals surface area contributed by atoms with Gasteiger partial charge in [0.2, 0.25) is 10.0 Å². The molecule has 39 heavy (non-hydrogen) atoms. The molecule has 0 bridgehead atoms. The van der Waals surface area contributed by atoms with E-state index in [1.807, 2.05) is 38.1 Å². The molecule has 0 radical (unpaired) electrons. The second-order valence-corrected chi connectivity index (χ2v) is 12.6. The fourth-order valence-electron chi connectivity index (χ4n) is 4.31. The van der Waals surface area contributed by atoms with Gasteiger partial charge >= 0.3 is 0 Å². The van der Waals surface area contributed by atoms with E-state index in [1.54, 1.807) is 27.5 Å². The number of aryl methyl sites for hydroxylation is 2. The lowest BCUT2D eigenvalue weighted by molar-refractivity contribution is 0.0984. The number of carbonyl (C=O) groups excluding carboxylic acids is 1. The SMILES string of the molecule is CCCCN(CCCC)S(=O)(=O)c1ccc(C(=O)N(Cc2ccccn2)c2nc3c(C)c(C)ccc3s2)cc1. The van der Waals surface area contributed by atoms with Crippen LogP contribution >= 0.6 is 11.3 Å². The molecule has 0 spiro atoms. The topological polar surface area (TPSA) is 83.5 Å². The highest BCUT2D eigenvalue weighted by atomic mass is 32.2. The molecule has 2 heterocycles. The number of anilines is 1. The highest BCUT2D eigenvalue weighted by Gasteiger charge is 2.26. The number of unbranched alkanes of at least 4 members (excludes halogenated alkanes) is 2. The second-order valence-electron chi connectivity index (χ2n) is 9.70. The maximum absolute atomic E-state index is 13.9. The van der Waals surface area contributed by atoms with Crippen molar-refractivity contribution in [3.8, 4) is 0 Å². The summed E-state index contributed by atoms with van der Waals surface area (Å²) in [6, 6.07) is 16.0. The van der Waals surface area contributed by atoms with E-state index < -0.39 is 10.0 Å². The summed E-state index contributed by atoms with van der Waals surface area (Å²) in [5.41, 5.74) is 4.25. The summed E-state index contributed by atoms with van der Waals surface area (Å²) in [7, 11) is -3.65. The number of pyridine rings is 1. The Bertz CT molecular complexity index is 1510.